The van der Waals surface area contributed by atoms with E-state index in [0.29, 0.717) is 17.9 Å². The van der Waals surface area contributed by atoms with E-state index in [1.807, 2.05) is 60.7 Å². The number of amides is 2. The molecule has 2 aromatic carbocycles. The van der Waals surface area contributed by atoms with E-state index in [9.17, 15) is 9.59 Å². The smallest absolute Gasteiger partial charge is 0.287 e. The normalized spacial score (nSPS) is 10.2. The Hall–Kier alpha value is -3.54. The second-order valence-electron chi connectivity index (χ2n) is 5.82. The molecule has 0 saturated carbocycles. The fourth-order valence-electron chi connectivity index (χ4n) is 2.43. The molecule has 0 atom stereocenters. The summed E-state index contributed by atoms with van der Waals surface area (Å²) >= 11 is 0. The molecule has 27 heavy (non-hydrogen) atoms. The van der Waals surface area contributed by atoms with E-state index in [1.54, 1.807) is 6.07 Å². The van der Waals surface area contributed by atoms with E-state index >= 15 is 0 Å². The molecule has 0 spiro atoms. The van der Waals surface area contributed by atoms with Gasteiger partial charge < -0.3 is 19.8 Å². The maximum atomic E-state index is 12.3. The van der Waals surface area contributed by atoms with Crippen molar-refractivity contribution in [3.63, 3.8) is 0 Å². The summed E-state index contributed by atoms with van der Waals surface area (Å²) in [6, 6.07) is 20.5. The van der Waals surface area contributed by atoms with Crippen molar-refractivity contribution in [1.82, 2.24) is 10.6 Å². The Balaban J connectivity index is 1.47. The third-order valence-corrected chi connectivity index (χ3v) is 3.83. The minimum Gasteiger partial charge on any atom is -0.489 e. The van der Waals surface area contributed by atoms with Crippen LogP contribution in [0.4, 0.5) is 0 Å². The van der Waals surface area contributed by atoms with Gasteiger partial charge in [0, 0.05) is 12.1 Å². The molecule has 3 aromatic rings. The molecule has 0 radical (unpaired) electrons. The lowest BCUT2D eigenvalue weighted by atomic mass is 10.2. The van der Waals surface area contributed by atoms with Crippen molar-refractivity contribution in [3.05, 3.63) is 89.9 Å². The topological polar surface area (TPSA) is 80.6 Å². The summed E-state index contributed by atoms with van der Waals surface area (Å²) in [6.45, 7) is 0.473. The zero-order chi connectivity index (χ0) is 18.9. The molecule has 0 aliphatic heterocycles. The van der Waals surface area contributed by atoms with Gasteiger partial charge in [0.15, 0.2) is 5.76 Å². The van der Waals surface area contributed by atoms with Crippen molar-refractivity contribution in [2.75, 3.05) is 6.54 Å². The fraction of sp³-hybridized carbons (Fsp3) is 0.143. The molecule has 6 nitrogen and oxygen atoms in total. The van der Waals surface area contributed by atoms with Gasteiger partial charge >= 0.3 is 0 Å². The summed E-state index contributed by atoms with van der Waals surface area (Å²) in [7, 11) is 0. The van der Waals surface area contributed by atoms with Gasteiger partial charge in [-0.05, 0) is 23.8 Å². The molecular weight excluding hydrogens is 344 g/mol. The first-order chi connectivity index (χ1) is 13.2. The predicted octanol–water partition coefficient (Wildman–Crippen LogP) is 2.90. The van der Waals surface area contributed by atoms with Crippen molar-refractivity contribution in [2.24, 2.45) is 0 Å². The molecule has 2 amide bonds. The maximum Gasteiger partial charge on any atom is 0.287 e. The number of ether oxygens (including phenoxy) is 1. The van der Waals surface area contributed by atoms with E-state index in [-0.39, 0.29) is 24.8 Å². The number of hydrogen-bond acceptors (Lipinski definition) is 4. The van der Waals surface area contributed by atoms with Gasteiger partial charge in [-0.25, -0.2) is 0 Å². The molecule has 138 valence electrons. The molecule has 3 rings (SSSR count). The first-order valence-electron chi connectivity index (χ1n) is 8.55. The van der Waals surface area contributed by atoms with Gasteiger partial charge in [0.25, 0.3) is 5.91 Å². The largest absolute Gasteiger partial charge is 0.489 e. The van der Waals surface area contributed by atoms with Crippen LogP contribution in [0.3, 0.4) is 0 Å². The lowest BCUT2D eigenvalue weighted by Gasteiger charge is -2.08. The van der Waals surface area contributed by atoms with E-state index < -0.39 is 5.91 Å². The summed E-state index contributed by atoms with van der Waals surface area (Å²) < 4.78 is 10.9. The van der Waals surface area contributed by atoms with Gasteiger partial charge in [-0.15, -0.1) is 0 Å². The van der Waals surface area contributed by atoms with Gasteiger partial charge in [-0.2, -0.15) is 0 Å². The third kappa shape index (κ3) is 5.47. The Morgan fingerprint density at radius 2 is 1.59 bits per heavy atom. The lowest BCUT2D eigenvalue weighted by molar-refractivity contribution is -0.120. The van der Waals surface area contributed by atoms with E-state index in [0.717, 1.165) is 5.56 Å². The lowest BCUT2D eigenvalue weighted by Crippen LogP contribution is -2.36. The Kier molecular flexibility index (Phi) is 6.25. The molecule has 1 heterocycles. The van der Waals surface area contributed by atoms with E-state index in [4.69, 9.17) is 9.15 Å². The second kappa shape index (κ2) is 9.24. The van der Waals surface area contributed by atoms with Crippen molar-refractivity contribution < 1.29 is 18.7 Å². The summed E-state index contributed by atoms with van der Waals surface area (Å²) in [5.74, 6) is 0.106. The van der Waals surface area contributed by atoms with Crippen LogP contribution in [0.15, 0.2) is 77.4 Å². The van der Waals surface area contributed by atoms with Gasteiger partial charge in [-0.1, -0.05) is 48.5 Å². The van der Waals surface area contributed by atoms with Crippen LogP contribution < -0.4 is 15.4 Å². The van der Waals surface area contributed by atoms with E-state index in [2.05, 4.69) is 10.6 Å². The highest BCUT2D eigenvalue weighted by molar-refractivity contribution is 5.95. The van der Waals surface area contributed by atoms with Crippen molar-refractivity contribution in [1.29, 1.82) is 0 Å². The van der Waals surface area contributed by atoms with Crippen LogP contribution in [0.5, 0.6) is 5.75 Å². The Morgan fingerprint density at radius 1 is 0.889 bits per heavy atom. The van der Waals surface area contributed by atoms with Crippen molar-refractivity contribution >= 4 is 11.8 Å². The third-order valence-electron chi connectivity index (χ3n) is 3.83. The number of rotatable bonds is 8. The average molecular weight is 364 g/mol. The molecule has 0 saturated heterocycles. The monoisotopic (exact) mass is 364 g/mol. The summed E-state index contributed by atoms with van der Waals surface area (Å²) in [5.41, 5.74) is 1.60. The number of carbonyl (C=O) groups excluding carboxylic acids is 2. The van der Waals surface area contributed by atoms with Crippen LogP contribution >= 0.6 is 0 Å². The Bertz CT molecular complexity index is 875. The standard InChI is InChI=1S/C21H20N2O4/c24-19(22-13-16-7-3-1-4-8-16)14-23-21(25)20-17(11-12-26-20)15-27-18-9-5-2-6-10-18/h1-12H,13-15H2,(H,22,24)(H,23,25). The summed E-state index contributed by atoms with van der Waals surface area (Å²) in [6.07, 6.45) is 1.42. The van der Waals surface area contributed by atoms with Crippen molar-refractivity contribution in [2.45, 2.75) is 13.2 Å². The van der Waals surface area contributed by atoms with Gasteiger partial charge in [0.2, 0.25) is 5.91 Å². The number of para-hydroxylation sites is 1. The van der Waals surface area contributed by atoms with Crippen LogP contribution in [-0.4, -0.2) is 18.4 Å². The first kappa shape index (κ1) is 18.3. The highest BCUT2D eigenvalue weighted by atomic mass is 16.5. The maximum absolute atomic E-state index is 12.3. The van der Waals surface area contributed by atoms with Gasteiger partial charge in [0.1, 0.15) is 12.4 Å². The molecule has 2 N–H and O–H groups in total. The van der Waals surface area contributed by atoms with Crippen LogP contribution in [0.25, 0.3) is 0 Å². The molecule has 0 aliphatic carbocycles. The molecule has 1 aromatic heterocycles. The zero-order valence-electron chi connectivity index (χ0n) is 14.7. The minimum absolute atomic E-state index is 0.134. The second-order valence-corrected chi connectivity index (χ2v) is 5.82. The predicted molar refractivity (Wildman–Crippen MR) is 100 cm³/mol. The average Bonchev–Trinajstić information content (AvgIpc) is 3.19. The van der Waals surface area contributed by atoms with Crippen LogP contribution in [0.2, 0.25) is 0 Å². The summed E-state index contributed by atoms with van der Waals surface area (Å²) in [4.78, 5) is 24.2. The van der Waals surface area contributed by atoms with Crippen LogP contribution in [0.1, 0.15) is 21.7 Å². The number of nitrogens with one attached hydrogen (secondary N) is 2. The molecule has 0 fully saturated rings. The molecule has 0 bridgehead atoms. The first-order valence-corrected chi connectivity index (χ1v) is 8.55. The highest BCUT2D eigenvalue weighted by Crippen LogP contribution is 2.15. The van der Waals surface area contributed by atoms with Crippen LogP contribution in [-0.2, 0) is 17.9 Å². The SMILES string of the molecule is O=C(CNC(=O)c1occc1COc1ccccc1)NCc1ccccc1. The minimum atomic E-state index is -0.457. The number of hydrogen-bond donors (Lipinski definition) is 2. The zero-order valence-corrected chi connectivity index (χ0v) is 14.7. The number of carbonyl (C=O) groups is 2. The quantitative estimate of drug-likeness (QED) is 0.644. The molecule has 0 unspecified atom stereocenters. The Labute approximate surface area is 157 Å². The number of benzene rings is 2. The Morgan fingerprint density at radius 3 is 2.33 bits per heavy atom. The molecule has 6 heteroatoms. The molecular formula is C21H20N2O4. The molecule has 0 aliphatic rings. The summed E-state index contributed by atoms with van der Waals surface area (Å²) in [5, 5.41) is 5.31. The van der Waals surface area contributed by atoms with Crippen molar-refractivity contribution in [3.8, 4) is 5.75 Å². The highest BCUT2D eigenvalue weighted by Gasteiger charge is 2.16. The van der Waals surface area contributed by atoms with Gasteiger partial charge in [-0.3, -0.25) is 9.59 Å². The fourth-order valence-corrected chi connectivity index (χ4v) is 2.43. The van der Waals surface area contributed by atoms with E-state index in [1.165, 1.54) is 6.26 Å². The van der Waals surface area contributed by atoms with Crippen LogP contribution in [0, 0.1) is 0 Å². The van der Waals surface area contributed by atoms with Gasteiger partial charge in [0.05, 0.1) is 12.8 Å². The number of furan rings is 1.